The van der Waals surface area contributed by atoms with Gasteiger partial charge in [-0.15, -0.1) is 0 Å². The molecule has 4 aromatic rings. The van der Waals surface area contributed by atoms with Crippen LogP contribution in [0.4, 0.5) is 13.2 Å². The van der Waals surface area contributed by atoms with Crippen LogP contribution in [0.2, 0.25) is 0 Å². The highest BCUT2D eigenvalue weighted by Gasteiger charge is 2.46. The molecule has 1 saturated heterocycles. The molecule has 6 nitrogen and oxygen atoms in total. The van der Waals surface area contributed by atoms with Crippen molar-refractivity contribution in [1.29, 1.82) is 0 Å². The quantitative estimate of drug-likeness (QED) is 0.431. The maximum absolute atomic E-state index is 13.9. The average molecular weight is 438 g/mol. The molecule has 1 aromatic carbocycles. The van der Waals surface area contributed by atoms with E-state index in [-0.39, 0.29) is 23.6 Å². The van der Waals surface area contributed by atoms with E-state index in [9.17, 15) is 18.0 Å². The van der Waals surface area contributed by atoms with Gasteiger partial charge in [0.05, 0.1) is 29.1 Å². The summed E-state index contributed by atoms with van der Waals surface area (Å²) < 4.78 is 48.3. The van der Waals surface area contributed by atoms with Crippen LogP contribution in [-0.4, -0.2) is 31.6 Å². The number of nitrogens with zero attached hydrogens (tertiary/aromatic N) is 4. The highest BCUT2D eigenvalue weighted by molar-refractivity contribution is 6.04. The second-order valence-electron chi connectivity index (χ2n) is 8.25. The summed E-state index contributed by atoms with van der Waals surface area (Å²) in [6.45, 7) is 0. The monoisotopic (exact) mass is 438 g/mol. The number of hydrogen-bond donors (Lipinski definition) is 0. The molecular weight excluding hydrogens is 421 g/mol. The molecule has 6 rings (SSSR count). The summed E-state index contributed by atoms with van der Waals surface area (Å²) in [7, 11) is 1.68. The Morgan fingerprint density at radius 3 is 2.72 bits per heavy atom. The fourth-order valence-electron chi connectivity index (χ4n) is 5.19. The number of amides is 1. The van der Waals surface area contributed by atoms with Gasteiger partial charge in [0.25, 0.3) is 5.91 Å². The third-order valence-corrected chi connectivity index (χ3v) is 6.51. The predicted octanol–water partition coefficient (Wildman–Crippen LogP) is 4.55. The van der Waals surface area contributed by atoms with Crippen LogP contribution in [-0.2, 0) is 13.5 Å². The molecule has 2 unspecified atom stereocenters. The van der Waals surface area contributed by atoms with Gasteiger partial charge in [-0.25, -0.2) is 13.2 Å². The molecule has 32 heavy (non-hydrogen) atoms. The van der Waals surface area contributed by atoms with E-state index in [4.69, 9.17) is 4.42 Å². The molecular formula is C23H17F3N4O2. The second-order valence-corrected chi connectivity index (χ2v) is 8.25. The van der Waals surface area contributed by atoms with Gasteiger partial charge in [-0.3, -0.25) is 14.5 Å². The third kappa shape index (κ3) is 2.57. The summed E-state index contributed by atoms with van der Waals surface area (Å²) in [6.07, 6.45) is 5.07. The number of carbonyl (C=O) groups excluding carboxylic acids is 1. The van der Waals surface area contributed by atoms with Crippen LogP contribution in [0, 0.1) is 17.5 Å². The minimum absolute atomic E-state index is 0.0953. The lowest BCUT2D eigenvalue weighted by Gasteiger charge is -2.34. The molecule has 0 N–H and O–H groups in total. The first kappa shape index (κ1) is 19.1. The minimum atomic E-state index is -1.50. The van der Waals surface area contributed by atoms with Crippen molar-refractivity contribution in [2.24, 2.45) is 7.05 Å². The van der Waals surface area contributed by atoms with E-state index >= 15 is 0 Å². The Balaban J connectivity index is 1.44. The largest absolute Gasteiger partial charge is 0.464 e. The molecule has 162 valence electrons. The van der Waals surface area contributed by atoms with Crippen molar-refractivity contribution in [3.63, 3.8) is 0 Å². The zero-order valence-corrected chi connectivity index (χ0v) is 17.0. The van der Waals surface area contributed by atoms with Crippen molar-refractivity contribution in [3.8, 4) is 11.3 Å². The molecule has 2 aliphatic heterocycles. The molecule has 0 spiro atoms. The molecule has 3 aromatic heterocycles. The normalized spacial score (nSPS) is 19.6. The van der Waals surface area contributed by atoms with Gasteiger partial charge in [-0.2, -0.15) is 5.10 Å². The maximum atomic E-state index is 13.9. The first-order valence-electron chi connectivity index (χ1n) is 10.3. The zero-order chi connectivity index (χ0) is 22.1. The molecule has 2 bridgehead atoms. The summed E-state index contributed by atoms with van der Waals surface area (Å²) in [6, 6.07) is 5.04. The van der Waals surface area contributed by atoms with E-state index in [1.165, 1.54) is 6.26 Å². The summed E-state index contributed by atoms with van der Waals surface area (Å²) in [4.78, 5) is 19.6. The molecule has 9 heteroatoms. The number of pyridine rings is 1. The minimum Gasteiger partial charge on any atom is -0.464 e. The van der Waals surface area contributed by atoms with Crippen LogP contribution in [0.5, 0.6) is 0 Å². The van der Waals surface area contributed by atoms with E-state index < -0.39 is 17.5 Å². The van der Waals surface area contributed by atoms with Gasteiger partial charge >= 0.3 is 0 Å². The zero-order valence-electron chi connectivity index (χ0n) is 17.0. The fraction of sp³-hybridized carbons (Fsp3) is 0.261. The lowest BCUT2D eigenvalue weighted by Crippen LogP contribution is -2.42. The molecule has 1 amide bonds. The van der Waals surface area contributed by atoms with Crippen molar-refractivity contribution >= 4 is 16.9 Å². The van der Waals surface area contributed by atoms with Crippen molar-refractivity contribution in [2.75, 3.05) is 0 Å². The van der Waals surface area contributed by atoms with E-state index in [1.54, 1.807) is 30.1 Å². The standard InChI is InChI=1S/C23H17F3N4O2/c1-29-22(11-8-15(24)19(26)16(25)9-11)14-10-12-2-3-17(20(14)28-29)30(12)23(31)21-13-5-7-32-18(13)4-6-27-21/h4-9,12,17H,2-3,10H2,1H3. The number of fused-ring (bicyclic) bond motifs is 5. The highest BCUT2D eigenvalue weighted by Crippen LogP contribution is 2.47. The molecule has 2 aliphatic rings. The van der Waals surface area contributed by atoms with Gasteiger partial charge in [0.2, 0.25) is 0 Å². The Labute approximate surface area is 180 Å². The molecule has 0 saturated carbocycles. The van der Waals surface area contributed by atoms with Gasteiger partial charge in [-0.05, 0) is 43.5 Å². The van der Waals surface area contributed by atoms with Crippen LogP contribution in [0.15, 0.2) is 41.1 Å². The number of rotatable bonds is 2. The van der Waals surface area contributed by atoms with Crippen molar-refractivity contribution in [1.82, 2.24) is 19.7 Å². The van der Waals surface area contributed by atoms with E-state index in [0.717, 1.165) is 30.5 Å². The molecule has 0 aliphatic carbocycles. The molecule has 2 atom stereocenters. The second kappa shape index (κ2) is 6.69. The maximum Gasteiger partial charge on any atom is 0.274 e. The number of halogens is 3. The van der Waals surface area contributed by atoms with Crippen LogP contribution in [0.3, 0.4) is 0 Å². The lowest BCUT2D eigenvalue weighted by atomic mass is 9.94. The summed E-state index contributed by atoms with van der Waals surface area (Å²) in [5.74, 6) is -4.18. The molecule has 0 radical (unpaired) electrons. The Morgan fingerprint density at radius 2 is 1.94 bits per heavy atom. The SMILES string of the molecule is Cn1nc2c(c1-c1cc(F)c(F)c(F)c1)CC1CCC2N1C(=O)c1nccc2occc12. The van der Waals surface area contributed by atoms with E-state index in [0.29, 0.717) is 34.5 Å². The van der Waals surface area contributed by atoms with Crippen LogP contribution in [0.25, 0.3) is 22.2 Å². The topological polar surface area (TPSA) is 64.2 Å². The summed E-state index contributed by atoms with van der Waals surface area (Å²) in [5, 5.41) is 5.27. The lowest BCUT2D eigenvalue weighted by molar-refractivity contribution is 0.0638. The summed E-state index contributed by atoms with van der Waals surface area (Å²) >= 11 is 0. The van der Waals surface area contributed by atoms with Gasteiger partial charge in [0.15, 0.2) is 17.5 Å². The molecule has 1 fully saturated rings. The first-order valence-corrected chi connectivity index (χ1v) is 10.3. The van der Waals surface area contributed by atoms with Crippen molar-refractivity contribution in [2.45, 2.75) is 31.3 Å². The first-order chi connectivity index (χ1) is 15.4. The molecule has 5 heterocycles. The van der Waals surface area contributed by atoms with Gasteiger partial charge < -0.3 is 9.32 Å². The number of carbonyl (C=O) groups is 1. The van der Waals surface area contributed by atoms with Crippen LogP contribution < -0.4 is 0 Å². The van der Waals surface area contributed by atoms with Crippen molar-refractivity contribution < 1.29 is 22.4 Å². The van der Waals surface area contributed by atoms with Crippen LogP contribution in [0.1, 0.15) is 40.6 Å². The van der Waals surface area contributed by atoms with Gasteiger partial charge in [0, 0.05) is 30.4 Å². The number of furan rings is 1. The van der Waals surface area contributed by atoms with Gasteiger partial charge in [-0.1, -0.05) is 0 Å². The van der Waals surface area contributed by atoms with E-state index in [2.05, 4.69) is 10.1 Å². The predicted molar refractivity (Wildman–Crippen MR) is 108 cm³/mol. The smallest absolute Gasteiger partial charge is 0.274 e. The van der Waals surface area contributed by atoms with Crippen molar-refractivity contribution in [3.05, 3.63) is 71.1 Å². The Bertz CT molecular complexity index is 1390. The Morgan fingerprint density at radius 1 is 1.16 bits per heavy atom. The number of aromatic nitrogens is 3. The average Bonchev–Trinajstić information content (AvgIpc) is 3.46. The number of hydrogen-bond acceptors (Lipinski definition) is 4. The number of aryl methyl sites for hydroxylation is 1. The Kier molecular flexibility index (Phi) is 3.99. The number of benzene rings is 1. The van der Waals surface area contributed by atoms with Crippen LogP contribution >= 0.6 is 0 Å². The third-order valence-electron chi connectivity index (χ3n) is 6.51. The van der Waals surface area contributed by atoms with E-state index in [1.807, 2.05) is 4.90 Å². The highest BCUT2D eigenvalue weighted by atomic mass is 19.2. The van der Waals surface area contributed by atoms with Gasteiger partial charge in [0.1, 0.15) is 11.3 Å². The Hall–Kier alpha value is -3.62. The summed E-state index contributed by atoms with van der Waals surface area (Å²) in [5.41, 5.74) is 3.22. The fourth-order valence-corrected chi connectivity index (χ4v) is 5.19.